The van der Waals surface area contributed by atoms with E-state index in [1.165, 1.54) is 0 Å². The van der Waals surface area contributed by atoms with E-state index in [0.29, 0.717) is 0 Å². The Hall–Kier alpha value is -0.910. The summed E-state index contributed by atoms with van der Waals surface area (Å²) >= 11 is 1.66. The maximum absolute atomic E-state index is 11.8. The van der Waals surface area contributed by atoms with Gasteiger partial charge in [0.05, 0.1) is 0 Å². The molecule has 0 heterocycles. The molecule has 3 N–H and O–H groups in total. The number of hydrogen-bond acceptors (Lipinski definition) is 3. The first-order valence-corrected chi connectivity index (χ1v) is 7.64. The molecule has 1 aliphatic rings. The summed E-state index contributed by atoms with van der Waals surface area (Å²) < 4.78 is 0. The predicted octanol–water partition coefficient (Wildman–Crippen LogP) is 1.68. The summed E-state index contributed by atoms with van der Waals surface area (Å²) in [6.45, 7) is 3.58. The van der Waals surface area contributed by atoms with Gasteiger partial charge >= 0.3 is 12.0 Å². The molecule has 0 aromatic rings. The fourth-order valence-corrected chi connectivity index (χ4v) is 2.63. The number of carbonyl (C=O) groups excluding carboxylic acids is 1. The van der Waals surface area contributed by atoms with Crippen LogP contribution in [0.25, 0.3) is 0 Å². The summed E-state index contributed by atoms with van der Waals surface area (Å²) in [6.07, 6.45) is 4.55. The average molecular weight is 274 g/mol. The molecule has 1 saturated carbocycles. The summed E-state index contributed by atoms with van der Waals surface area (Å²) in [4.78, 5) is 23.1. The minimum atomic E-state index is -1.14. The number of hydrogen-bond donors (Lipinski definition) is 3. The van der Waals surface area contributed by atoms with Crippen LogP contribution < -0.4 is 10.6 Å². The Morgan fingerprint density at radius 1 is 1.50 bits per heavy atom. The van der Waals surface area contributed by atoms with Gasteiger partial charge in [0.25, 0.3) is 0 Å². The molecular weight excluding hydrogens is 252 g/mol. The van der Waals surface area contributed by atoms with Crippen LogP contribution in [-0.4, -0.2) is 40.7 Å². The molecular formula is C12H22N2O3S. The molecule has 0 aromatic heterocycles. The summed E-state index contributed by atoms with van der Waals surface area (Å²) in [5.41, 5.74) is -1.14. The lowest BCUT2D eigenvalue weighted by atomic mass is 9.96. The summed E-state index contributed by atoms with van der Waals surface area (Å²) in [5.74, 6) is -0.0728. The largest absolute Gasteiger partial charge is 0.480 e. The van der Waals surface area contributed by atoms with Crippen molar-refractivity contribution in [2.75, 3.05) is 12.0 Å². The Morgan fingerprint density at radius 3 is 2.50 bits per heavy atom. The van der Waals surface area contributed by atoms with Crippen LogP contribution in [-0.2, 0) is 4.79 Å². The number of carboxylic acid groups (broad SMARTS) is 1. The van der Waals surface area contributed by atoms with Crippen LogP contribution in [0.15, 0.2) is 0 Å². The number of rotatable bonds is 7. The number of nitrogens with one attached hydrogen (secondary N) is 2. The van der Waals surface area contributed by atoms with E-state index in [4.69, 9.17) is 0 Å². The van der Waals surface area contributed by atoms with Crippen molar-refractivity contribution in [1.29, 1.82) is 0 Å². The fourth-order valence-electron chi connectivity index (χ4n) is 1.91. The number of urea groups is 1. The molecule has 0 aliphatic heterocycles. The van der Waals surface area contributed by atoms with E-state index < -0.39 is 11.5 Å². The molecule has 0 radical (unpaired) electrons. The second-order valence-corrected chi connectivity index (χ2v) is 5.85. The Bertz CT molecular complexity index is 320. The number of aliphatic carboxylic acids is 1. The van der Waals surface area contributed by atoms with Crippen LogP contribution in [0.3, 0.4) is 0 Å². The van der Waals surface area contributed by atoms with Crippen LogP contribution in [0.4, 0.5) is 4.79 Å². The average Bonchev–Trinajstić information content (AvgIpc) is 3.11. The van der Waals surface area contributed by atoms with Crippen LogP contribution in [0.1, 0.15) is 33.1 Å². The lowest BCUT2D eigenvalue weighted by molar-refractivity contribution is -0.144. The molecule has 18 heavy (non-hydrogen) atoms. The van der Waals surface area contributed by atoms with Crippen molar-refractivity contribution < 1.29 is 14.7 Å². The van der Waals surface area contributed by atoms with E-state index >= 15 is 0 Å². The van der Waals surface area contributed by atoms with Gasteiger partial charge in [-0.3, -0.25) is 0 Å². The standard InChI is InChI=1S/C12H22N2O3S/c1-4-9(7-18-3)13-11(17)14-12(2,10(15)16)8-5-6-8/h8-9H,4-7H2,1-3H3,(H,15,16)(H2,13,14,17). The van der Waals surface area contributed by atoms with Crippen molar-refractivity contribution in [2.24, 2.45) is 5.92 Å². The zero-order valence-corrected chi connectivity index (χ0v) is 12.0. The van der Waals surface area contributed by atoms with Gasteiger partial charge in [0, 0.05) is 11.8 Å². The van der Waals surface area contributed by atoms with Crippen molar-refractivity contribution in [3.63, 3.8) is 0 Å². The van der Waals surface area contributed by atoms with Crippen molar-refractivity contribution in [3.8, 4) is 0 Å². The molecule has 0 aromatic carbocycles. The highest BCUT2D eigenvalue weighted by molar-refractivity contribution is 7.98. The van der Waals surface area contributed by atoms with E-state index in [1.807, 2.05) is 13.2 Å². The third kappa shape index (κ3) is 3.80. The fraction of sp³-hybridized carbons (Fsp3) is 0.833. The highest BCUT2D eigenvalue weighted by Crippen LogP contribution is 2.39. The molecule has 1 aliphatic carbocycles. The molecule has 104 valence electrons. The molecule has 2 atom stereocenters. The predicted molar refractivity (Wildman–Crippen MR) is 72.9 cm³/mol. The molecule has 0 bridgehead atoms. The summed E-state index contributed by atoms with van der Waals surface area (Å²) in [7, 11) is 0. The Morgan fingerprint density at radius 2 is 2.11 bits per heavy atom. The van der Waals surface area contributed by atoms with Gasteiger partial charge in [-0.05, 0) is 38.4 Å². The Kier molecular flexibility index (Phi) is 5.31. The quantitative estimate of drug-likeness (QED) is 0.660. The highest BCUT2D eigenvalue weighted by Gasteiger charge is 2.48. The first-order chi connectivity index (χ1) is 8.43. The molecule has 2 unspecified atom stereocenters. The van der Waals surface area contributed by atoms with Crippen molar-refractivity contribution in [3.05, 3.63) is 0 Å². The van der Waals surface area contributed by atoms with Crippen LogP contribution in [0, 0.1) is 5.92 Å². The van der Waals surface area contributed by atoms with Gasteiger partial charge in [-0.1, -0.05) is 6.92 Å². The van der Waals surface area contributed by atoms with Crippen LogP contribution in [0.5, 0.6) is 0 Å². The van der Waals surface area contributed by atoms with E-state index in [0.717, 1.165) is 25.0 Å². The normalized spacial score (nSPS) is 19.7. The van der Waals surface area contributed by atoms with Gasteiger partial charge < -0.3 is 15.7 Å². The number of thioether (sulfide) groups is 1. The number of amides is 2. The second kappa shape index (κ2) is 6.31. The van der Waals surface area contributed by atoms with Crippen LogP contribution in [0.2, 0.25) is 0 Å². The van der Waals surface area contributed by atoms with E-state index in [1.54, 1.807) is 18.7 Å². The zero-order chi connectivity index (χ0) is 13.8. The minimum absolute atomic E-state index is 0.0568. The molecule has 0 spiro atoms. The van der Waals surface area contributed by atoms with Crippen molar-refractivity contribution in [1.82, 2.24) is 10.6 Å². The zero-order valence-electron chi connectivity index (χ0n) is 11.2. The van der Waals surface area contributed by atoms with Gasteiger partial charge in [-0.15, -0.1) is 0 Å². The first kappa shape index (κ1) is 15.1. The lowest BCUT2D eigenvalue weighted by Gasteiger charge is -2.27. The van der Waals surface area contributed by atoms with E-state index in [2.05, 4.69) is 10.6 Å². The van der Waals surface area contributed by atoms with E-state index in [9.17, 15) is 14.7 Å². The SMILES string of the molecule is CCC(CSC)NC(=O)NC(C)(C(=O)O)C1CC1. The van der Waals surface area contributed by atoms with Gasteiger partial charge in [-0.2, -0.15) is 11.8 Å². The first-order valence-electron chi connectivity index (χ1n) is 6.25. The highest BCUT2D eigenvalue weighted by atomic mass is 32.2. The molecule has 0 saturated heterocycles. The van der Waals surface area contributed by atoms with Gasteiger partial charge in [0.1, 0.15) is 5.54 Å². The Balaban J connectivity index is 2.54. The van der Waals surface area contributed by atoms with Crippen molar-refractivity contribution in [2.45, 2.75) is 44.7 Å². The maximum Gasteiger partial charge on any atom is 0.329 e. The van der Waals surface area contributed by atoms with Gasteiger partial charge in [0.2, 0.25) is 0 Å². The van der Waals surface area contributed by atoms with Gasteiger partial charge in [0.15, 0.2) is 0 Å². The minimum Gasteiger partial charge on any atom is -0.480 e. The molecule has 2 amide bonds. The summed E-state index contributed by atoms with van der Waals surface area (Å²) in [6, 6.07) is -0.301. The third-order valence-electron chi connectivity index (χ3n) is 3.41. The summed E-state index contributed by atoms with van der Waals surface area (Å²) in [5, 5.41) is 14.7. The van der Waals surface area contributed by atoms with Crippen molar-refractivity contribution >= 4 is 23.8 Å². The Labute approximate surface area is 112 Å². The molecule has 5 nitrogen and oxygen atoms in total. The topological polar surface area (TPSA) is 78.4 Å². The second-order valence-electron chi connectivity index (χ2n) is 4.94. The van der Waals surface area contributed by atoms with Gasteiger partial charge in [-0.25, -0.2) is 9.59 Å². The molecule has 1 fully saturated rings. The number of carboxylic acids is 1. The smallest absolute Gasteiger partial charge is 0.329 e. The monoisotopic (exact) mass is 274 g/mol. The van der Waals surface area contributed by atoms with Crippen LogP contribution >= 0.6 is 11.8 Å². The molecule has 6 heteroatoms. The maximum atomic E-state index is 11.8. The lowest BCUT2D eigenvalue weighted by Crippen LogP contribution is -2.58. The number of carbonyl (C=O) groups is 2. The third-order valence-corrected chi connectivity index (χ3v) is 4.14. The molecule has 1 rings (SSSR count). The van der Waals surface area contributed by atoms with E-state index in [-0.39, 0.29) is 18.0 Å².